The fourth-order valence-corrected chi connectivity index (χ4v) is 4.07. The van der Waals surface area contributed by atoms with Crippen molar-refractivity contribution in [2.24, 2.45) is 5.41 Å². The Kier molecular flexibility index (Phi) is 3.05. The van der Waals surface area contributed by atoms with Gasteiger partial charge in [-0.3, -0.25) is 4.79 Å². The molecule has 1 aliphatic heterocycles. The smallest absolute Gasteiger partial charge is 0.318 e. The van der Waals surface area contributed by atoms with Crippen LogP contribution in [0.2, 0.25) is 0 Å². The summed E-state index contributed by atoms with van der Waals surface area (Å²) in [4.78, 5) is 12.6. The molecule has 0 amide bonds. The largest absolute Gasteiger partial charge is 0.446 e. The number of cyclic esters (lactones) is 1. The average Bonchev–Trinajstić information content (AvgIpc) is 2.71. The molecule has 1 saturated heterocycles. The van der Waals surface area contributed by atoms with E-state index < -0.39 is 11.5 Å². The van der Waals surface area contributed by atoms with E-state index in [0.29, 0.717) is 0 Å². The normalized spacial score (nSPS) is 31.8. The molecule has 2 unspecified atom stereocenters. The number of nitrogens with zero attached hydrogens (tertiary/aromatic N) is 1. The van der Waals surface area contributed by atoms with Crippen LogP contribution in [0.1, 0.15) is 44.6 Å². The van der Waals surface area contributed by atoms with Crippen molar-refractivity contribution in [2.45, 2.75) is 50.5 Å². The van der Waals surface area contributed by atoms with Gasteiger partial charge in [0.05, 0.1) is 0 Å². The molecule has 2 atom stereocenters. The number of hydrogen-bond donors (Lipinski definition) is 0. The zero-order valence-electron chi connectivity index (χ0n) is 11.8. The monoisotopic (exact) mass is 269 g/mol. The third kappa shape index (κ3) is 1.54. The second-order valence-electron chi connectivity index (χ2n) is 6.12. The van der Waals surface area contributed by atoms with E-state index in [4.69, 9.17) is 4.74 Å². The highest BCUT2D eigenvalue weighted by molar-refractivity contribution is 5.87. The minimum atomic E-state index is -0.699. The number of ether oxygens (including phenoxy) is 1. The maximum Gasteiger partial charge on any atom is 0.318 e. The summed E-state index contributed by atoms with van der Waals surface area (Å²) in [7, 11) is 0. The summed E-state index contributed by atoms with van der Waals surface area (Å²) < 4.78 is 5.47. The summed E-state index contributed by atoms with van der Waals surface area (Å²) >= 11 is 0. The summed E-state index contributed by atoms with van der Waals surface area (Å²) in [6.45, 7) is 1.97. The average molecular weight is 269 g/mol. The van der Waals surface area contributed by atoms with Gasteiger partial charge in [0.25, 0.3) is 0 Å². The van der Waals surface area contributed by atoms with Crippen molar-refractivity contribution in [3.8, 4) is 6.07 Å². The zero-order chi connectivity index (χ0) is 14.2. The zero-order valence-corrected chi connectivity index (χ0v) is 11.8. The molecule has 2 aliphatic rings. The highest BCUT2D eigenvalue weighted by atomic mass is 16.6. The van der Waals surface area contributed by atoms with Crippen LogP contribution in [0.4, 0.5) is 0 Å². The molecular weight excluding hydrogens is 250 g/mol. The van der Waals surface area contributed by atoms with Crippen LogP contribution < -0.4 is 0 Å². The van der Waals surface area contributed by atoms with Crippen LogP contribution in [-0.2, 0) is 14.9 Å². The van der Waals surface area contributed by atoms with E-state index in [2.05, 4.69) is 6.07 Å². The lowest BCUT2D eigenvalue weighted by Crippen LogP contribution is -2.48. The molecule has 0 bridgehead atoms. The SMILES string of the molecule is CC1(c2ccccc2)C(=O)OC(C#N)C12CCCCC2. The van der Waals surface area contributed by atoms with Gasteiger partial charge in [-0.15, -0.1) is 0 Å². The van der Waals surface area contributed by atoms with Crippen molar-refractivity contribution < 1.29 is 9.53 Å². The van der Waals surface area contributed by atoms with Gasteiger partial charge in [-0.1, -0.05) is 49.6 Å². The van der Waals surface area contributed by atoms with E-state index in [0.717, 1.165) is 31.2 Å². The summed E-state index contributed by atoms with van der Waals surface area (Å²) in [5.41, 5.74) is -0.0855. The topological polar surface area (TPSA) is 50.1 Å². The van der Waals surface area contributed by atoms with Gasteiger partial charge in [0.15, 0.2) is 6.10 Å². The van der Waals surface area contributed by atoms with Crippen LogP contribution in [0.3, 0.4) is 0 Å². The first-order valence-corrected chi connectivity index (χ1v) is 7.31. The predicted octanol–water partition coefficient (Wildman–Crippen LogP) is 3.34. The Morgan fingerprint density at radius 3 is 2.45 bits per heavy atom. The number of hydrogen-bond acceptors (Lipinski definition) is 3. The van der Waals surface area contributed by atoms with E-state index in [1.54, 1.807) is 0 Å². The van der Waals surface area contributed by atoms with Crippen molar-refractivity contribution in [3.05, 3.63) is 35.9 Å². The lowest BCUT2D eigenvalue weighted by molar-refractivity contribution is -0.143. The molecule has 0 N–H and O–H groups in total. The Balaban J connectivity index is 2.16. The molecule has 1 aromatic rings. The maximum absolute atomic E-state index is 12.6. The summed E-state index contributed by atoms with van der Waals surface area (Å²) in [6.07, 6.45) is 4.48. The van der Waals surface area contributed by atoms with Crippen LogP contribution in [-0.4, -0.2) is 12.1 Å². The first-order chi connectivity index (χ1) is 9.65. The minimum Gasteiger partial charge on any atom is -0.446 e. The molecule has 3 rings (SSSR count). The van der Waals surface area contributed by atoms with Crippen molar-refractivity contribution in [1.82, 2.24) is 0 Å². The van der Waals surface area contributed by atoms with Crippen LogP contribution in [0.25, 0.3) is 0 Å². The lowest BCUT2D eigenvalue weighted by atomic mass is 9.54. The van der Waals surface area contributed by atoms with Crippen molar-refractivity contribution >= 4 is 5.97 Å². The fraction of sp³-hybridized carbons (Fsp3) is 0.529. The molecule has 1 aliphatic carbocycles. The highest BCUT2D eigenvalue weighted by Crippen LogP contribution is 2.58. The van der Waals surface area contributed by atoms with Gasteiger partial charge in [-0.05, 0) is 25.3 Å². The van der Waals surface area contributed by atoms with Crippen LogP contribution >= 0.6 is 0 Å². The number of rotatable bonds is 1. The molecular formula is C17H19NO2. The molecule has 1 aromatic carbocycles. The molecule has 0 aromatic heterocycles. The Labute approximate surface area is 119 Å². The molecule has 0 radical (unpaired) electrons. The number of carbonyl (C=O) groups excluding carboxylic acids is 1. The second-order valence-corrected chi connectivity index (χ2v) is 6.12. The molecule has 1 heterocycles. The van der Waals surface area contributed by atoms with E-state index in [-0.39, 0.29) is 11.4 Å². The Morgan fingerprint density at radius 1 is 1.20 bits per heavy atom. The van der Waals surface area contributed by atoms with Crippen LogP contribution in [0.5, 0.6) is 0 Å². The van der Waals surface area contributed by atoms with Gasteiger partial charge in [-0.2, -0.15) is 5.26 Å². The van der Waals surface area contributed by atoms with Crippen LogP contribution in [0.15, 0.2) is 30.3 Å². The molecule has 20 heavy (non-hydrogen) atoms. The highest BCUT2D eigenvalue weighted by Gasteiger charge is 2.65. The van der Waals surface area contributed by atoms with Crippen molar-refractivity contribution in [3.63, 3.8) is 0 Å². The molecule has 3 nitrogen and oxygen atoms in total. The number of esters is 1. The number of nitriles is 1. The van der Waals surface area contributed by atoms with E-state index in [9.17, 15) is 10.1 Å². The molecule has 1 spiro atoms. The molecule has 1 saturated carbocycles. The Morgan fingerprint density at radius 2 is 1.85 bits per heavy atom. The predicted molar refractivity (Wildman–Crippen MR) is 74.8 cm³/mol. The van der Waals surface area contributed by atoms with Gasteiger partial charge in [0.2, 0.25) is 0 Å². The Hall–Kier alpha value is -1.82. The molecule has 104 valence electrons. The summed E-state index contributed by atoms with van der Waals surface area (Å²) in [5, 5.41) is 9.45. The first-order valence-electron chi connectivity index (χ1n) is 7.31. The van der Waals surface area contributed by atoms with Crippen molar-refractivity contribution in [1.29, 1.82) is 5.26 Å². The first kappa shape index (κ1) is 13.2. The maximum atomic E-state index is 12.6. The summed E-state index contributed by atoms with van der Waals surface area (Å²) in [5.74, 6) is -0.239. The van der Waals surface area contributed by atoms with Crippen LogP contribution in [0, 0.1) is 16.7 Å². The third-order valence-corrected chi connectivity index (χ3v) is 5.34. The van der Waals surface area contributed by atoms with Crippen molar-refractivity contribution in [2.75, 3.05) is 0 Å². The quantitative estimate of drug-likeness (QED) is 0.735. The van der Waals surface area contributed by atoms with Gasteiger partial charge in [0.1, 0.15) is 11.5 Å². The fourth-order valence-electron chi connectivity index (χ4n) is 4.07. The number of benzene rings is 1. The van der Waals surface area contributed by atoms with E-state index >= 15 is 0 Å². The third-order valence-electron chi connectivity index (χ3n) is 5.34. The molecule has 2 fully saturated rings. The minimum absolute atomic E-state index is 0.239. The van der Waals surface area contributed by atoms with Gasteiger partial charge < -0.3 is 4.74 Å². The molecule has 3 heteroatoms. The van der Waals surface area contributed by atoms with Gasteiger partial charge >= 0.3 is 5.97 Å². The summed E-state index contributed by atoms with van der Waals surface area (Å²) in [6, 6.07) is 12.0. The van der Waals surface area contributed by atoms with Gasteiger partial charge in [-0.25, -0.2) is 0 Å². The Bertz CT molecular complexity index is 554. The van der Waals surface area contributed by atoms with E-state index in [1.807, 2.05) is 37.3 Å². The lowest BCUT2D eigenvalue weighted by Gasteiger charge is -2.44. The number of carbonyl (C=O) groups is 1. The standard InChI is InChI=1S/C17H19NO2/c1-16(13-8-4-2-5-9-13)15(19)20-14(12-18)17(16)10-6-3-7-11-17/h2,4-5,8-9,14H,3,6-7,10-11H2,1H3. The second kappa shape index (κ2) is 4.63. The van der Waals surface area contributed by atoms with Gasteiger partial charge in [0, 0.05) is 5.41 Å². The van der Waals surface area contributed by atoms with E-state index in [1.165, 1.54) is 6.42 Å².